The standard InChI is InChI=1S/C22H34N4O4S/c23-14-17-6-7-24-21(12-17)31(28,29)26-15-19(18-4-2-1-3-5-18)13-20(16-26)22(27)25-8-10-30-11-9-25/h6-7,12,18-20H,1-5,8-11,13-16,23H2/t19-,20+/m1/s1. The van der Waals surface area contributed by atoms with Gasteiger partial charge < -0.3 is 15.4 Å². The van der Waals surface area contributed by atoms with E-state index < -0.39 is 10.0 Å². The summed E-state index contributed by atoms with van der Waals surface area (Å²) in [6.45, 7) is 3.19. The molecular formula is C22H34N4O4S. The first-order valence-corrected chi connectivity index (χ1v) is 12.9. The van der Waals surface area contributed by atoms with Gasteiger partial charge in [-0.05, 0) is 36.0 Å². The maximum atomic E-state index is 13.5. The fraction of sp³-hybridized carbons (Fsp3) is 0.727. The van der Waals surface area contributed by atoms with Gasteiger partial charge in [0.15, 0.2) is 5.03 Å². The lowest BCUT2D eigenvalue weighted by Gasteiger charge is -2.42. The van der Waals surface area contributed by atoms with Crippen LogP contribution in [0.5, 0.6) is 0 Å². The Balaban J connectivity index is 1.59. The van der Waals surface area contributed by atoms with Crippen LogP contribution in [-0.2, 0) is 26.1 Å². The van der Waals surface area contributed by atoms with Crippen LogP contribution in [0.25, 0.3) is 0 Å². The van der Waals surface area contributed by atoms with Crippen LogP contribution in [0.15, 0.2) is 23.4 Å². The summed E-state index contributed by atoms with van der Waals surface area (Å²) in [5.74, 6) is 0.436. The van der Waals surface area contributed by atoms with Crippen LogP contribution < -0.4 is 5.73 Å². The topological polar surface area (TPSA) is 106 Å². The number of morpholine rings is 1. The number of rotatable bonds is 5. The molecule has 0 aromatic carbocycles. The van der Waals surface area contributed by atoms with E-state index in [1.54, 1.807) is 12.1 Å². The monoisotopic (exact) mass is 450 g/mol. The van der Waals surface area contributed by atoms with Crippen LogP contribution in [-0.4, -0.2) is 67.9 Å². The molecule has 1 aromatic rings. The molecule has 1 aromatic heterocycles. The minimum absolute atomic E-state index is 0.0253. The van der Waals surface area contributed by atoms with Gasteiger partial charge in [0.25, 0.3) is 10.0 Å². The van der Waals surface area contributed by atoms with E-state index in [1.165, 1.54) is 29.8 Å². The maximum Gasteiger partial charge on any atom is 0.260 e. The van der Waals surface area contributed by atoms with Crippen molar-refractivity contribution < 1.29 is 17.9 Å². The third-order valence-electron chi connectivity index (χ3n) is 7.08. The molecule has 1 saturated carbocycles. The summed E-state index contributed by atoms with van der Waals surface area (Å²) >= 11 is 0. The number of carbonyl (C=O) groups is 1. The van der Waals surface area contributed by atoms with Gasteiger partial charge in [0, 0.05) is 38.9 Å². The SMILES string of the molecule is NCc1ccnc(S(=O)(=O)N2C[C@@H](C(=O)N3CCOCC3)C[C@@H](C3CCCCC3)C2)c1. The molecule has 0 unspecified atom stereocenters. The second kappa shape index (κ2) is 9.94. The third-order valence-corrected chi connectivity index (χ3v) is 8.81. The van der Waals surface area contributed by atoms with Crippen molar-refractivity contribution in [1.29, 1.82) is 0 Å². The zero-order valence-electron chi connectivity index (χ0n) is 18.1. The van der Waals surface area contributed by atoms with Crippen LogP contribution in [0.2, 0.25) is 0 Å². The molecule has 0 radical (unpaired) electrons. The highest BCUT2D eigenvalue weighted by Crippen LogP contribution is 2.38. The Kier molecular flexibility index (Phi) is 7.26. The lowest BCUT2D eigenvalue weighted by atomic mass is 9.74. The Morgan fingerprint density at radius 3 is 2.58 bits per heavy atom. The second-order valence-electron chi connectivity index (χ2n) is 9.06. The Morgan fingerprint density at radius 1 is 1.13 bits per heavy atom. The zero-order chi connectivity index (χ0) is 21.8. The summed E-state index contributed by atoms with van der Waals surface area (Å²) < 4.78 is 33.9. The molecule has 1 amide bonds. The van der Waals surface area contributed by atoms with Crippen molar-refractivity contribution in [2.75, 3.05) is 39.4 Å². The predicted molar refractivity (Wildman–Crippen MR) is 116 cm³/mol. The van der Waals surface area contributed by atoms with Crippen molar-refractivity contribution in [3.63, 3.8) is 0 Å². The fourth-order valence-electron chi connectivity index (χ4n) is 5.31. The Bertz CT molecular complexity index is 866. The summed E-state index contributed by atoms with van der Waals surface area (Å²) in [7, 11) is -3.79. The van der Waals surface area contributed by atoms with Crippen LogP contribution >= 0.6 is 0 Å². The average molecular weight is 451 g/mol. The first kappa shape index (κ1) is 22.6. The number of piperidine rings is 1. The summed E-state index contributed by atoms with van der Waals surface area (Å²) in [6, 6.07) is 3.28. The van der Waals surface area contributed by atoms with Crippen molar-refractivity contribution in [3.8, 4) is 0 Å². The van der Waals surface area contributed by atoms with Gasteiger partial charge in [0.2, 0.25) is 5.91 Å². The van der Waals surface area contributed by atoms with Crippen LogP contribution in [0.3, 0.4) is 0 Å². The smallest absolute Gasteiger partial charge is 0.260 e. The van der Waals surface area contributed by atoms with E-state index in [1.807, 2.05) is 4.90 Å². The molecule has 0 bridgehead atoms. The number of carbonyl (C=O) groups excluding carboxylic acids is 1. The largest absolute Gasteiger partial charge is 0.378 e. The molecule has 31 heavy (non-hydrogen) atoms. The molecule has 2 atom stereocenters. The molecule has 8 nitrogen and oxygen atoms in total. The first-order chi connectivity index (χ1) is 15.0. The van der Waals surface area contributed by atoms with Crippen LogP contribution in [0.4, 0.5) is 0 Å². The van der Waals surface area contributed by atoms with Gasteiger partial charge in [-0.1, -0.05) is 32.1 Å². The molecule has 3 fully saturated rings. The lowest BCUT2D eigenvalue weighted by Crippen LogP contribution is -2.52. The number of ether oxygens (including phenoxy) is 1. The Labute approximate surface area is 185 Å². The van der Waals surface area contributed by atoms with Gasteiger partial charge in [-0.3, -0.25) is 4.79 Å². The highest BCUT2D eigenvalue weighted by atomic mass is 32.2. The second-order valence-corrected chi connectivity index (χ2v) is 10.9. The molecule has 0 spiro atoms. The molecule has 4 rings (SSSR count). The molecular weight excluding hydrogens is 416 g/mol. The van der Waals surface area contributed by atoms with Gasteiger partial charge in [0.1, 0.15) is 0 Å². The molecule has 2 aliphatic heterocycles. The lowest BCUT2D eigenvalue weighted by molar-refractivity contribution is -0.141. The summed E-state index contributed by atoms with van der Waals surface area (Å²) in [5.41, 5.74) is 6.44. The normalized spacial score (nSPS) is 26.7. The van der Waals surface area contributed by atoms with E-state index in [4.69, 9.17) is 10.5 Å². The summed E-state index contributed by atoms with van der Waals surface area (Å²) in [5, 5.41) is 0.0253. The minimum Gasteiger partial charge on any atom is -0.378 e. The van der Waals surface area contributed by atoms with E-state index in [9.17, 15) is 13.2 Å². The van der Waals surface area contributed by atoms with E-state index in [0.29, 0.717) is 38.8 Å². The first-order valence-electron chi connectivity index (χ1n) is 11.5. The maximum absolute atomic E-state index is 13.5. The van der Waals surface area contributed by atoms with Crippen molar-refractivity contribution in [2.24, 2.45) is 23.5 Å². The number of amides is 1. The van der Waals surface area contributed by atoms with Gasteiger partial charge in [-0.25, -0.2) is 13.4 Å². The highest BCUT2D eigenvalue weighted by molar-refractivity contribution is 7.89. The van der Waals surface area contributed by atoms with Crippen LogP contribution in [0, 0.1) is 17.8 Å². The Hall–Kier alpha value is -1.55. The number of hydrogen-bond donors (Lipinski definition) is 1. The Morgan fingerprint density at radius 2 is 1.87 bits per heavy atom. The number of sulfonamides is 1. The highest BCUT2D eigenvalue weighted by Gasteiger charge is 2.42. The number of aromatic nitrogens is 1. The van der Waals surface area contributed by atoms with Crippen molar-refractivity contribution >= 4 is 15.9 Å². The quantitative estimate of drug-likeness (QED) is 0.731. The van der Waals surface area contributed by atoms with E-state index in [2.05, 4.69) is 4.98 Å². The molecule has 1 aliphatic carbocycles. The van der Waals surface area contributed by atoms with Gasteiger partial charge >= 0.3 is 0 Å². The molecule has 172 valence electrons. The van der Waals surface area contributed by atoms with E-state index in [-0.39, 0.29) is 35.9 Å². The van der Waals surface area contributed by atoms with Crippen molar-refractivity contribution in [2.45, 2.75) is 50.1 Å². The molecule has 3 aliphatic rings. The van der Waals surface area contributed by atoms with Crippen molar-refractivity contribution in [1.82, 2.24) is 14.2 Å². The van der Waals surface area contributed by atoms with Gasteiger partial charge in [0.05, 0.1) is 19.1 Å². The zero-order valence-corrected chi connectivity index (χ0v) is 18.9. The molecule has 3 heterocycles. The molecule has 2 saturated heterocycles. The van der Waals surface area contributed by atoms with E-state index >= 15 is 0 Å². The number of pyridine rings is 1. The average Bonchev–Trinajstić information content (AvgIpc) is 2.84. The number of hydrogen-bond acceptors (Lipinski definition) is 6. The number of nitrogens with two attached hydrogens (primary N) is 1. The number of nitrogens with zero attached hydrogens (tertiary/aromatic N) is 3. The summed E-state index contributed by atoms with van der Waals surface area (Å²) in [4.78, 5) is 19.3. The van der Waals surface area contributed by atoms with Gasteiger partial charge in [-0.15, -0.1) is 0 Å². The molecule has 9 heteroatoms. The summed E-state index contributed by atoms with van der Waals surface area (Å²) in [6.07, 6.45) is 8.14. The predicted octanol–water partition coefficient (Wildman–Crippen LogP) is 1.61. The van der Waals surface area contributed by atoms with E-state index in [0.717, 1.165) is 24.8 Å². The third kappa shape index (κ3) is 5.10. The molecule has 2 N–H and O–H groups in total. The van der Waals surface area contributed by atoms with Crippen LogP contribution in [0.1, 0.15) is 44.1 Å². The minimum atomic E-state index is -3.79. The van der Waals surface area contributed by atoms with Gasteiger partial charge in [-0.2, -0.15) is 4.31 Å². The fourth-order valence-corrected chi connectivity index (χ4v) is 6.83. The van der Waals surface area contributed by atoms with Crippen molar-refractivity contribution in [3.05, 3.63) is 23.9 Å².